The highest BCUT2D eigenvalue weighted by atomic mass is 16.7. The third kappa shape index (κ3) is 38.3. The first kappa shape index (κ1) is 92.6. The zero-order valence-electron chi connectivity index (χ0n) is 60.6. The van der Waals surface area contributed by atoms with Crippen LogP contribution in [0.5, 0.6) is 0 Å². The Kier molecular flexibility index (Phi) is 48.9. The van der Waals surface area contributed by atoms with Crippen LogP contribution in [0.2, 0.25) is 0 Å². The van der Waals surface area contributed by atoms with Gasteiger partial charge in [0.1, 0.15) is 54.9 Å². The van der Waals surface area contributed by atoms with Crippen molar-refractivity contribution in [2.24, 2.45) is 17.2 Å². The Balaban J connectivity index is 1.42. The van der Waals surface area contributed by atoms with Crippen LogP contribution in [0.4, 0.5) is 14.4 Å². The summed E-state index contributed by atoms with van der Waals surface area (Å²) in [5.41, 5.74) is 16.7. The summed E-state index contributed by atoms with van der Waals surface area (Å²) >= 11 is 0. The van der Waals surface area contributed by atoms with Gasteiger partial charge in [-0.05, 0) is 103 Å². The standard InChI is InChI=1S/C67H125N11O26/c1-2-71-50(85)24-25-51(86)78-67(26-18-38-99-64(93)75-32-12-6-3-9-29-72-47(82)21-15-35-96-61-52(68)58(90)55(87)44(41-79)102-61,27-19-39-100-65(94)76-33-13-7-4-10-30-73-48(83)22-16-36-97-62-53(69)59(91)56(88)45(42-80)103-62)28-20-40-101-66(95)77-34-14-8-5-11-31-74-49(84)23-17-37-98-63-54(70)60(92)57(89)46(43-81)104-63/h44-46,52-63,79-81,87-92H,2-43,68-70H2,1H3,(H,71,85)(H,72,82)(H,73,83)(H,74,84)(H,75,93)(H,76,94)(H,77,95)(H,78,86). The van der Waals surface area contributed by atoms with Gasteiger partial charge in [0.25, 0.3) is 0 Å². The molecule has 0 radical (unpaired) electrons. The van der Waals surface area contributed by atoms with Crippen molar-refractivity contribution in [2.75, 3.05) is 105 Å². The first-order chi connectivity index (χ1) is 50.0. The summed E-state index contributed by atoms with van der Waals surface area (Å²) in [7, 11) is 0. The Labute approximate surface area is 609 Å². The number of aliphatic hydroxyl groups is 9. The lowest BCUT2D eigenvalue weighted by molar-refractivity contribution is -0.265. The number of carbonyl (C=O) groups excluding carboxylic acids is 8. The number of nitrogens with two attached hydrogens (primary N) is 3. The molecule has 23 N–H and O–H groups in total. The molecule has 8 amide bonds. The van der Waals surface area contributed by atoms with Crippen molar-refractivity contribution in [3.05, 3.63) is 0 Å². The molecule has 3 saturated heterocycles. The van der Waals surface area contributed by atoms with Crippen molar-refractivity contribution in [3.8, 4) is 0 Å². The van der Waals surface area contributed by atoms with Gasteiger partial charge in [0, 0.05) is 83.5 Å². The van der Waals surface area contributed by atoms with Crippen molar-refractivity contribution in [1.82, 2.24) is 42.5 Å². The molecule has 604 valence electrons. The highest BCUT2D eigenvalue weighted by Crippen LogP contribution is 2.28. The van der Waals surface area contributed by atoms with Crippen molar-refractivity contribution >= 4 is 47.8 Å². The summed E-state index contributed by atoms with van der Waals surface area (Å²) in [6, 6.07) is -3.09. The minimum Gasteiger partial charge on any atom is -0.450 e. The van der Waals surface area contributed by atoms with Crippen molar-refractivity contribution in [1.29, 1.82) is 0 Å². The maximum Gasteiger partial charge on any atom is 0.407 e. The van der Waals surface area contributed by atoms with E-state index in [0.717, 1.165) is 38.5 Å². The third-order valence-corrected chi connectivity index (χ3v) is 17.8. The van der Waals surface area contributed by atoms with Crippen LogP contribution in [0.25, 0.3) is 0 Å². The van der Waals surface area contributed by atoms with Crippen LogP contribution in [0, 0.1) is 0 Å². The van der Waals surface area contributed by atoms with Crippen molar-refractivity contribution < 1.29 is 127 Å². The SMILES string of the molecule is CCNC(=O)CCC(=O)NC(CCCOC(=O)NCCCCCCNC(=O)CCCOC1OC(CO)C(O)C(O)C1N)(CCCOC(=O)NCCCCCCNC(=O)CCCOC1OC(CO)C(O)C(O)C1N)CCCOC(=O)NCCCCCCNC(=O)CCCOC1OC(CO)C(O)C(O)C1N. The van der Waals surface area contributed by atoms with Gasteiger partial charge in [-0.15, -0.1) is 0 Å². The van der Waals surface area contributed by atoms with Gasteiger partial charge in [0.05, 0.1) is 77.6 Å². The highest BCUT2D eigenvalue weighted by Gasteiger charge is 2.45. The molecular weight excluding hydrogens is 1370 g/mol. The number of unbranched alkanes of at least 4 members (excludes halogenated alkanes) is 9. The number of carbonyl (C=O) groups is 8. The summed E-state index contributed by atoms with van der Waals surface area (Å²) in [5.74, 6) is -1.26. The van der Waals surface area contributed by atoms with Crippen LogP contribution in [0.15, 0.2) is 0 Å². The minimum atomic E-state index is -1.35. The Hall–Kier alpha value is -5.56. The smallest absolute Gasteiger partial charge is 0.407 e. The number of amides is 8. The van der Waals surface area contributed by atoms with E-state index in [9.17, 15) is 84.3 Å². The van der Waals surface area contributed by atoms with Crippen LogP contribution in [-0.2, 0) is 66.6 Å². The minimum absolute atomic E-state index is 0.0221. The van der Waals surface area contributed by atoms with Crippen molar-refractivity contribution in [2.45, 2.75) is 271 Å². The molecule has 0 bridgehead atoms. The summed E-state index contributed by atoms with van der Waals surface area (Å²) in [4.78, 5) is 102. The average Bonchev–Trinajstić information content (AvgIpc) is 0.839. The number of ether oxygens (including phenoxy) is 9. The predicted octanol–water partition coefficient (Wildman–Crippen LogP) is -3.00. The summed E-state index contributed by atoms with van der Waals surface area (Å²) in [6.45, 7) is 3.13. The molecule has 3 heterocycles. The molecule has 0 aromatic heterocycles. The van der Waals surface area contributed by atoms with E-state index < -0.39 is 141 Å². The fourth-order valence-electron chi connectivity index (χ4n) is 11.7. The molecule has 0 saturated carbocycles. The van der Waals surface area contributed by atoms with E-state index in [2.05, 4.69) is 42.5 Å². The normalized spacial score (nSPS) is 25.1. The molecule has 3 fully saturated rings. The highest BCUT2D eigenvalue weighted by molar-refractivity contribution is 5.84. The molecule has 3 rings (SSSR count). The van der Waals surface area contributed by atoms with Gasteiger partial charge in [0.2, 0.25) is 29.5 Å². The second kappa shape index (κ2) is 54.9. The lowest BCUT2D eigenvalue weighted by Gasteiger charge is -2.40. The van der Waals surface area contributed by atoms with Gasteiger partial charge in [-0.25, -0.2) is 14.4 Å². The van der Waals surface area contributed by atoms with E-state index in [1.807, 2.05) is 0 Å². The fraction of sp³-hybridized carbons (Fsp3) is 0.881. The topological polar surface area (TPSA) is 576 Å². The number of aliphatic hydroxyl groups excluding tert-OH is 9. The van der Waals surface area contributed by atoms with Crippen LogP contribution >= 0.6 is 0 Å². The Morgan fingerprint density at radius 1 is 0.337 bits per heavy atom. The van der Waals surface area contributed by atoms with E-state index in [1.165, 1.54) is 0 Å². The van der Waals surface area contributed by atoms with E-state index in [0.29, 0.717) is 123 Å². The Bertz CT molecular complexity index is 2180. The molecule has 0 spiro atoms. The van der Waals surface area contributed by atoms with Crippen LogP contribution < -0.4 is 59.7 Å². The molecule has 0 aliphatic carbocycles. The van der Waals surface area contributed by atoms with Gasteiger partial charge in [-0.1, -0.05) is 38.5 Å². The van der Waals surface area contributed by atoms with Crippen LogP contribution in [-0.4, -0.2) is 297 Å². The maximum atomic E-state index is 13.7. The second-order valence-electron chi connectivity index (χ2n) is 26.3. The number of nitrogens with one attached hydrogen (secondary N) is 8. The molecule has 0 aromatic carbocycles. The first-order valence-corrected chi connectivity index (χ1v) is 37.1. The zero-order chi connectivity index (χ0) is 76.5. The Morgan fingerprint density at radius 3 is 0.885 bits per heavy atom. The molecule has 37 nitrogen and oxygen atoms in total. The molecule has 3 aliphatic rings. The van der Waals surface area contributed by atoms with E-state index in [1.54, 1.807) is 6.92 Å². The molecule has 15 unspecified atom stereocenters. The third-order valence-electron chi connectivity index (χ3n) is 17.8. The van der Waals surface area contributed by atoms with Gasteiger partial charge in [-0.2, -0.15) is 0 Å². The fourth-order valence-corrected chi connectivity index (χ4v) is 11.7. The lowest BCUT2D eigenvalue weighted by Crippen LogP contribution is -2.62. The van der Waals surface area contributed by atoms with Crippen LogP contribution in [0.1, 0.15) is 174 Å². The Morgan fingerprint density at radius 2 is 0.606 bits per heavy atom. The summed E-state index contributed by atoms with van der Waals surface area (Å²) < 4.78 is 49.6. The molecular formula is C67H125N11O26. The molecule has 104 heavy (non-hydrogen) atoms. The van der Waals surface area contributed by atoms with Gasteiger partial charge in [-0.3, -0.25) is 24.0 Å². The van der Waals surface area contributed by atoms with Gasteiger partial charge < -0.3 is 148 Å². The molecule has 37 heteroatoms. The predicted molar refractivity (Wildman–Crippen MR) is 372 cm³/mol. The van der Waals surface area contributed by atoms with Crippen LogP contribution in [0.3, 0.4) is 0 Å². The van der Waals surface area contributed by atoms with Crippen molar-refractivity contribution in [3.63, 3.8) is 0 Å². The maximum absolute atomic E-state index is 13.7. The number of hydrogen-bond acceptors (Lipinski definition) is 29. The first-order valence-electron chi connectivity index (χ1n) is 37.1. The number of alkyl carbamates (subject to hydrolysis) is 3. The van der Waals surface area contributed by atoms with E-state index in [-0.39, 0.29) is 115 Å². The van der Waals surface area contributed by atoms with Gasteiger partial charge >= 0.3 is 18.3 Å². The number of rotatable bonds is 56. The zero-order valence-corrected chi connectivity index (χ0v) is 60.6. The quantitative estimate of drug-likeness (QED) is 0.0213. The monoisotopic (exact) mass is 1500 g/mol. The summed E-state index contributed by atoms with van der Waals surface area (Å²) in [5, 5.41) is 111. The lowest BCUT2D eigenvalue weighted by atomic mass is 9.83. The summed E-state index contributed by atoms with van der Waals surface area (Å²) in [6.07, 6.45) is -4.58. The van der Waals surface area contributed by atoms with Gasteiger partial charge in [0.15, 0.2) is 18.9 Å². The molecule has 15 atom stereocenters. The van der Waals surface area contributed by atoms with E-state index in [4.69, 9.17) is 59.8 Å². The number of hydrogen-bond donors (Lipinski definition) is 20. The molecule has 0 aromatic rings. The second-order valence-corrected chi connectivity index (χ2v) is 26.3. The largest absolute Gasteiger partial charge is 0.450 e. The van der Waals surface area contributed by atoms with E-state index >= 15 is 0 Å². The average molecular weight is 1500 g/mol. The molecule has 3 aliphatic heterocycles.